The van der Waals surface area contributed by atoms with Gasteiger partial charge in [-0.05, 0) is 43.0 Å². The summed E-state index contributed by atoms with van der Waals surface area (Å²) in [6, 6.07) is 12.3. The van der Waals surface area contributed by atoms with Crippen molar-refractivity contribution in [1.82, 2.24) is 4.31 Å². The van der Waals surface area contributed by atoms with Gasteiger partial charge in [-0.3, -0.25) is 4.79 Å². The van der Waals surface area contributed by atoms with Crippen molar-refractivity contribution in [3.63, 3.8) is 0 Å². The highest BCUT2D eigenvalue weighted by atomic mass is 32.2. The summed E-state index contributed by atoms with van der Waals surface area (Å²) in [5, 5.41) is 12.1. The number of piperidine rings is 1. The number of Topliss-reactive ketones (excluding diaryl/α,β-unsaturated/α-hetero) is 1. The Morgan fingerprint density at radius 1 is 1.17 bits per heavy atom. The highest BCUT2D eigenvalue weighted by molar-refractivity contribution is 7.89. The number of benzene rings is 2. The summed E-state index contributed by atoms with van der Waals surface area (Å²) < 4.78 is 27.4. The molecule has 7 nitrogen and oxygen atoms in total. The lowest BCUT2D eigenvalue weighted by atomic mass is 10.0. The summed E-state index contributed by atoms with van der Waals surface area (Å²) in [4.78, 5) is 24.0. The molecule has 29 heavy (non-hydrogen) atoms. The average Bonchev–Trinajstić information content (AvgIpc) is 2.72. The molecule has 1 aliphatic rings. The van der Waals surface area contributed by atoms with Crippen LogP contribution in [-0.4, -0.2) is 49.2 Å². The third kappa shape index (κ3) is 4.83. The first kappa shape index (κ1) is 21.0. The number of anilines is 1. The van der Waals surface area contributed by atoms with E-state index in [-0.39, 0.29) is 28.4 Å². The lowest BCUT2D eigenvalue weighted by molar-refractivity contribution is 0.0697. The van der Waals surface area contributed by atoms with Crippen LogP contribution in [0.1, 0.15) is 40.5 Å². The van der Waals surface area contributed by atoms with Crippen LogP contribution in [0.5, 0.6) is 0 Å². The molecule has 2 aromatic rings. The van der Waals surface area contributed by atoms with Gasteiger partial charge in [0, 0.05) is 24.3 Å². The lowest BCUT2D eigenvalue weighted by Gasteiger charge is -2.30. The van der Waals surface area contributed by atoms with Crippen LogP contribution in [0.3, 0.4) is 0 Å². The van der Waals surface area contributed by atoms with Crippen LogP contribution in [0.4, 0.5) is 5.69 Å². The summed E-state index contributed by atoms with van der Waals surface area (Å²) in [7, 11) is -3.65. The maximum Gasteiger partial charge on any atom is 0.337 e. The smallest absolute Gasteiger partial charge is 0.337 e. The second-order valence-electron chi connectivity index (χ2n) is 7.27. The van der Waals surface area contributed by atoms with Gasteiger partial charge in [0.15, 0.2) is 5.78 Å². The van der Waals surface area contributed by atoms with Crippen LogP contribution in [0, 0.1) is 5.92 Å². The largest absolute Gasteiger partial charge is 0.478 e. The van der Waals surface area contributed by atoms with Gasteiger partial charge in [-0.2, -0.15) is 4.31 Å². The molecule has 3 rings (SSSR count). The van der Waals surface area contributed by atoms with E-state index in [2.05, 4.69) is 5.32 Å². The molecule has 0 bridgehead atoms. The van der Waals surface area contributed by atoms with Gasteiger partial charge in [0.1, 0.15) is 0 Å². The Labute approximate surface area is 170 Å². The predicted octanol–water partition coefficient (Wildman–Crippen LogP) is 3.10. The van der Waals surface area contributed by atoms with E-state index >= 15 is 0 Å². The van der Waals surface area contributed by atoms with Crippen molar-refractivity contribution in [3.8, 4) is 0 Å². The minimum atomic E-state index is -3.65. The van der Waals surface area contributed by atoms with E-state index in [9.17, 15) is 23.1 Å². The number of carbonyl (C=O) groups is 2. The lowest BCUT2D eigenvalue weighted by Crippen LogP contribution is -2.39. The number of aromatic carboxylic acids is 1. The molecule has 154 valence electrons. The SMILES string of the molecule is CC1CCCN(S(=O)(=O)c2cccc(C(=O)CNc3ccccc3C(=O)O)c2)C1. The minimum absolute atomic E-state index is 0.0656. The van der Waals surface area contributed by atoms with Crippen LogP contribution in [0.15, 0.2) is 53.4 Å². The summed E-state index contributed by atoms with van der Waals surface area (Å²) in [6.45, 7) is 2.85. The van der Waals surface area contributed by atoms with E-state index in [0.717, 1.165) is 12.8 Å². The number of carboxylic acids is 1. The third-order valence-corrected chi connectivity index (χ3v) is 6.87. The van der Waals surface area contributed by atoms with Crippen molar-refractivity contribution >= 4 is 27.5 Å². The highest BCUT2D eigenvalue weighted by Gasteiger charge is 2.29. The van der Waals surface area contributed by atoms with Gasteiger partial charge in [0.05, 0.1) is 17.0 Å². The number of carboxylic acid groups (broad SMARTS) is 1. The zero-order valence-electron chi connectivity index (χ0n) is 16.2. The monoisotopic (exact) mass is 416 g/mol. The molecule has 1 aliphatic heterocycles. The molecule has 0 spiro atoms. The number of nitrogens with one attached hydrogen (secondary N) is 1. The fourth-order valence-electron chi connectivity index (χ4n) is 3.45. The molecule has 0 aliphatic carbocycles. The van der Waals surface area contributed by atoms with Crippen LogP contribution in [0.25, 0.3) is 0 Å². The fraction of sp³-hybridized carbons (Fsp3) is 0.333. The third-order valence-electron chi connectivity index (χ3n) is 5.01. The summed E-state index contributed by atoms with van der Waals surface area (Å²) >= 11 is 0. The quantitative estimate of drug-likeness (QED) is 0.672. The molecule has 0 radical (unpaired) electrons. The molecule has 1 fully saturated rings. The Bertz CT molecular complexity index is 1020. The molecule has 1 atom stereocenters. The molecule has 0 amide bonds. The number of hydrogen-bond acceptors (Lipinski definition) is 5. The number of ketones is 1. The summed E-state index contributed by atoms with van der Waals surface area (Å²) in [5.74, 6) is -1.11. The predicted molar refractivity (Wildman–Crippen MR) is 110 cm³/mol. The molecule has 2 N–H and O–H groups in total. The number of hydrogen-bond donors (Lipinski definition) is 2. The van der Waals surface area contributed by atoms with Crippen molar-refractivity contribution in [2.24, 2.45) is 5.92 Å². The number of nitrogens with zero attached hydrogens (tertiary/aromatic N) is 1. The van der Waals surface area contributed by atoms with Crippen molar-refractivity contribution in [3.05, 3.63) is 59.7 Å². The summed E-state index contributed by atoms with van der Waals surface area (Å²) in [5.41, 5.74) is 0.659. The van der Waals surface area contributed by atoms with E-state index in [0.29, 0.717) is 24.7 Å². The normalized spacial score (nSPS) is 17.6. The first-order valence-electron chi connectivity index (χ1n) is 9.48. The average molecular weight is 416 g/mol. The zero-order valence-corrected chi connectivity index (χ0v) is 17.0. The van der Waals surface area contributed by atoms with E-state index in [1.807, 2.05) is 6.92 Å². The van der Waals surface area contributed by atoms with Gasteiger partial charge in [0.2, 0.25) is 10.0 Å². The Balaban J connectivity index is 1.75. The topological polar surface area (TPSA) is 104 Å². The van der Waals surface area contributed by atoms with Crippen LogP contribution in [0.2, 0.25) is 0 Å². The van der Waals surface area contributed by atoms with Crippen LogP contribution in [-0.2, 0) is 10.0 Å². The van der Waals surface area contributed by atoms with Crippen molar-refractivity contribution in [2.75, 3.05) is 25.0 Å². The van der Waals surface area contributed by atoms with Crippen molar-refractivity contribution < 1.29 is 23.1 Å². The van der Waals surface area contributed by atoms with E-state index in [1.165, 1.54) is 22.5 Å². The standard InChI is InChI=1S/C21H24N2O5S/c1-15-6-5-11-23(14-15)29(27,28)17-8-4-7-16(12-17)20(24)13-22-19-10-3-2-9-18(19)21(25)26/h2-4,7-10,12,15,22H,5-6,11,13-14H2,1H3,(H,25,26). The van der Waals surface area contributed by atoms with Gasteiger partial charge >= 0.3 is 5.97 Å². The van der Waals surface area contributed by atoms with Gasteiger partial charge in [-0.15, -0.1) is 0 Å². The number of rotatable bonds is 7. The minimum Gasteiger partial charge on any atom is -0.478 e. The van der Waals surface area contributed by atoms with Crippen molar-refractivity contribution in [2.45, 2.75) is 24.7 Å². The Hall–Kier alpha value is -2.71. The van der Waals surface area contributed by atoms with E-state index in [1.54, 1.807) is 30.3 Å². The maximum atomic E-state index is 12.9. The molecule has 0 aromatic heterocycles. The Morgan fingerprint density at radius 3 is 2.66 bits per heavy atom. The molecule has 2 aromatic carbocycles. The molecule has 8 heteroatoms. The van der Waals surface area contributed by atoms with Crippen LogP contribution < -0.4 is 5.32 Å². The molecular formula is C21H24N2O5S. The van der Waals surface area contributed by atoms with E-state index < -0.39 is 16.0 Å². The van der Waals surface area contributed by atoms with Gasteiger partial charge in [0.25, 0.3) is 0 Å². The van der Waals surface area contributed by atoms with Gasteiger partial charge in [-0.1, -0.05) is 31.2 Å². The van der Waals surface area contributed by atoms with Gasteiger partial charge in [-0.25, -0.2) is 13.2 Å². The second kappa shape index (κ2) is 8.75. The summed E-state index contributed by atoms with van der Waals surface area (Å²) in [6.07, 6.45) is 1.83. The second-order valence-corrected chi connectivity index (χ2v) is 9.20. The molecular weight excluding hydrogens is 392 g/mol. The van der Waals surface area contributed by atoms with E-state index in [4.69, 9.17) is 0 Å². The number of carbonyl (C=O) groups excluding carboxylic acids is 1. The Kier molecular flexibility index (Phi) is 6.34. The molecule has 0 saturated carbocycles. The first-order valence-corrected chi connectivity index (χ1v) is 10.9. The zero-order chi connectivity index (χ0) is 21.0. The maximum absolute atomic E-state index is 12.9. The first-order chi connectivity index (χ1) is 13.8. The highest BCUT2D eigenvalue weighted by Crippen LogP contribution is 2.24. The molecule has 1 unspecified atom stereocenters. The molecule has 1 heterocycles. The fourth-order valence-corrected chi connectivity index (χ4v) is 5.09. The number of sulfonamides is 1. The van der Waals surface area contributed by atoms with Crippen molar-refractivity contribution in [1.29, 1.82) is 0 Å². The molecule has 1 saturated heterocycles. The van der Waals surface area contributed by atoms with Gasteiger partial charge < -0.3 is 10.4 Å². The van der Waals surface area contributed by atoms with Crippen LogP contribution >= 0.6 is 0 Å². The number of para-hydroxylation sites is 1. The Morgan fingerprint density at radius 2 is 1.93 bits per heavy atom.